The number of nitrogens with zero attached hydrogens (tertiary/aromatic N) is 2. The minimum Gasteiger partial charge on any atom is -0.497 e. The maximum absolute atomic E-state index is 11.6. The average molecular weight is 255 g/mol. The zero-order chi connectivity index (χ0) is 13.2. The average Bonchev–Trinajstić information content (AvgIpc) is 2.84. The van der Waals surface area contributed by atoms with E-state index in [0.717, 1.165) is 11.3 Å². The zero-order valence-corrected chi connectivity index (χ0v) is 10.5. The lowest BCUT2D eigenvalue weighted by atomic mass is 10.2. The van der Waals surface area contributed by atoms with Crippen LogP contribution in [-0.2, 0) is 6.54 Å². The Bertz CT molecular complexity index is 756. The fourth-order valence-corrected chi connectivity index (χ4v) is 2.01. The van der Waals surface area contributed by atoms with E-state index in [-0.39, 0.29) is 5.56 Å². The van der Waals surface area contributed by atoms with Crippen LogP contribution >= 0.6 is 0 Å². The molecule has 2 heterocycles. The first-order valence-corrected chi connectivity index (χ1v) is 5.94. The number of hydrogen-bond donors (Lipinski definition) is 1. The number of methoxy groups -OCH3 is 1. The van der Waals surface area contributed by atoms with Gasteiger partial charge >= 0.3 is 0 Å². The summed E-state index contributed by atoms with van der Waals surface area (Å²) in [5, 5.41) is 4.98. The highest BCUT2D eigenvalue weighted by Gasteiger charge is 2.04. The number of aromatic amines is 1. The fraction of sp³-hybridized carbons (Fsp3) is 0.143. The van der Waals surface area contributed by atoms with Gasteiger partial charge in [-0.2, -0.15) is 5.10 Å². The first-order valence-electron chi connectivity index (χ1n) is 5.94. The molecule has 0 fully saturated rings. The Morgan fingerprint density at radius 1 is 1.26 bits per heavy atom. The second kappa shape index (κ2) is 4.61. The fourth-order valence-electron chi connectivity index (χ4n) is 2.01. The maximum Gasteiger partial charge on any atom is 0.259 e. The Balaban J connectivity index is 1.92. The van der Waals surface area contributed by atoms with Crippen LogP contribution in [0, 0.1) is 0 Å². The molecule has 0 saturated heterocycles. The van der Waals surface area contributed by atoms with Gasteiger partial charge in [0.05, 0.1) is 24.6 Å². The van der Waals surface area contributed by atoms with Gasteiger partial charge in [-0.05, 0) is 23.8 Å². The van der Waals surface area contributed by atoms with E-state index in [2.05, 4.69) is 10.1 Å². The van der Waals surface area contributed by atoms with Gasteiger partial charge in [-0.15, -0.1) is 0 Å². The van der Waals surface area contributed by atoms with E-state index in [9.17, 15) is 4.79 Å². The second-order valence-corrected chi connectivity index (χ2v) is 4.28. The van der Waals surface area contributed by atoms with E-state index in [0.29, 0.717) is 17.4 Å². The van der Waals surface area contributed by atoms with E-state index in [1.165, 1.54) is 0 Å². The first-order chi connectivity index (χ1) is 9.26. The molecule has 0 radical (unpaired) electrons. The summed E-state index contributed by atoms with van der Waals surface area (Å²) in [6, 6.07) is 9.57. The summed E-state index contributed by atoms with van der Waals surface area (Å²) in [5.41, 5.74) is 1.70. The van der Waals surface area contributed by atoms with Crippen molar-refractivity contribution in [2.75, 3.05) is 7.11 Å². The molecule has 0 unspecified atom stereocenters. The highest BCUT2D eigenvalue weighted by molar-refractivity contribution is 5.76. The zero-order valence-electron chi connectivity index (χ0n) is 10.5. The van der Waals surface area contributed by atoms with Crippen LogP contribution in [0.5, 0.6) is 5.75 Å². The largest absolute Gasteiger partial charge is 0.497 e. The minimum atomic E-state index is -0.113. The number of fused-ring (bicyclic) bond motifs is 1. The van der Waals surface area contributed by atoms with Crippen molar-refractivity contribution in [1.29, 1.82) is 0 Å². The van der Waals surface area contributed by atoms with Gasteiger partial charge in [-0.1, -0.05) is 12.1 Å². The molecule has 1 aromatic carbocycles. The van der Waals surface area contributed by atoms with Crippen LogP contribution in [0.4, 0.5) is 0 Å². The van der Waals surface area contributed by atoms with Gasteiger partial charge < -0.3 is 9.72 Å². The van der Waals surface area contributed by atoms with Crippen molar-refractivity contribution in [3.05, 3.63) is 58.6 Å². The molecule has 0 aliphatic rings. The Morgan fingerprint density at radius 2 is 2.05 bits per heavy atom. The highest BCUT2D eigenvalue weighted by atomic mass is 16.5. The Kier molecular flexibility index (Phi) is 2.79. The standard InChI is InChI=1S/C14H13N3O2/c1-19-11-4-2-10(3-5-11)8-17-9-12-13(16-17)6-7-15-14(12)18/h2-7,9H,8H2,1H3,(H,15,18). The van der Waals surface area contributed by atoms with Crippen LogP contribution < -0.4 is 10.3 Å². The molecule has 3 rings (SSSR count). The van der Waals surface area contributed by atoms with Crippen molar-refractivity contribution in [3.8, 4) is 5.75 Å². The molecule has 0 bridgehead atoms. The van der Waals surface area contributed by atoms with Crippen LogP contribution in [0.25, 0.3) is 10.9 Å². The van der Waals surface area contributed by atoms with Crippen LogP contribution in [0.2, 0.25) is 0 Å². The molecule has 0 aliphatic carbocycles. The summed E-state index contributed by atoms with van der Waals surface area (Å²) >= 11 is 0. The molecule has 2 aromatic heterocycles. The van der Waals surface area contributed by atoms with Crippen molar-refractivity contribution < 1.29 is 4.74 Å². The molecular formula is C14H13N3O2. The van der Waals surface area contributed by atoms with Crippen molar-refractivity contribution in [2.24, 2.45) is 0 Å². The monoisotopic (exact) mass is 255 g/mol. The van der Waals surface area contributed by atoms with Gasteiger partial charge in [0.15, 0.2) is 0 Å². The number of H-pyrrole nitrogens is 1. The lowest BCUT2D eigenvalue weighted by molar-refractivity contribution is 0.414. The van der Waals surface area contributed by atoms with Crippen molar-refractivity contribution in [3.63, 3.8) is 0 Å². The van der Waals surface area contributed by atoms with E-state index in [4.69, 9.17) is 4.74 Å². The number of aromatic nitrogens is 3. The molecule has 96 valence electrons. The van der Waals surface area contributed by atoms with E-state index < -0.39 is 0 Å². The predicted molar refractivity (Wildman–Crippen MR) is 72.4 cm³/mol. The summed E-state index contributed by atoms with van der Waals surface area (Å²) in [6.07, 6.45) is 3.37. The molecule has 5 nitrogen and oxygen atoms in total. The molecule has 1 N–H and O–H groups in total. The number of pyridine rings is 1. The first kappa shape index (κ1) is 11.5. The third kappa shape index (κ3) is 2.22. The summed E-state index contributed by atoms with van der Waals surface area (Å²) in [6.45, 7) is 0.623. The Labute approximate surface area is 109 Å². The van der Waals surface area contributed by atoms with Crippen molar-refractivity contribution in [2.45, 2.75) is 6.54 Å². The normalized spacial score (nSPS) is 10.8. The third-order valence-corrected chi connectivity index (χ3v) is 2.99. The van der Waals surface area contributed by atoms with E-state index in [1.807, 2.05) is 24.3 Å². The summed E-state index contributed by atoms with van der Waals surface area (Å²) in [5.74, 6) is 0.825. The maximum atomic E-state index is 11.6. The van der Waals surface area contributed by atoms with Crippen LogP contribution in [-0.4, -0.2) is 21.9 Å². The molecule has 0 aliphatic heterocycles. The Morgan fingerprint density at radius 3 is 2.74 bits per heavy atom. The topological polar surface area (TPSA) is 59.9 Å². The predicted octanol–water partition coefficient (Wildman–Crippen LogP) is 1.78. The van der Waals surface area contributed by atoms with Gasteiger partial charge in [-0.25, -0.2) is 0 Å². The summed E-state index contributed by atoms with van der Waals surface area (Å²) < 4.78 is 6.88. The molecular weight excluding hydrogens is 242 g/mol. The number of benzene rings is 1. The number of rotatable bonds is 3. The summed E-state index contributed by atoms with van der Waals surface area (Å²) in [7, 11) is 1.64. The number of ether oxygens (including phenoxy) is 1. The second-order valence-electron chi connectivity index (χ2n) is 4.28. The Hall–Kier alpha value is -2.56. The summed E-state index contributed by atoms with van der Waals surface area (Å²) in [4.78, 5) is 14.2. The van der Waals surface area contributed by atoms with Gasteiger partial charge in [-0.3, -0.25) is 9.48 Å². The highest BCUT2D eigenvalue weighted by Crippen LogP contribution is 2.13. The molecule has 5 heteroatoms. The lowest BCUT2D eigenvalue weighted by Gasteiger charge is -2.03. The van der Waals surface area contributed by atoms with Gasteiger partial charge in [0.25, 0.3) is 5.56 Å². The third-order valence-electron chi connectivity index (χ3n) is 2.99. The van der Waals surface area contributed by atoms with E-state index in [1.54, 1.807) is 30.3 Å². The number of hydrogen-bond acceptors (Lipinski definition) is 3. The van der Waals surface area contributed by atoms with E-state index >= 15 is 0 Å². The SMILES string of the molecule is COc1ccc(Cn2cc3c(=O)[nH]ccc3n2)cc1. The van der Waals surface area contributed by atoms with Gasteiger partial charge in [0.1, 0.15) is 5.75 Å². The molecule has 19 heavy (non-hydrogen) atoms. The number of nitrogens with one attached hydrogen (secondary N) is 1. The van der Waals surface area contributed by atoms with Crippen molar-refractivity contribution in [1.82, 2.24) is 14.8 Å². The molecule has 0 atom stereocenters. The quantitative estimate of drug-likeness (QED) is 0.776. The van der Waals surface area contributed by atoms with Gasteiger partial charge in [0.2, 0.25) is 0 Å². The lowest BCUT2D eigenvalue weighted by Crippen LogP contribution is -2.02. The van der Waals surface area contributed by atoms with Crippen LogP contribution in [0.15, 0.2) is 47.5 Å². The molecule has 0 saturated carbocycles. The minimum absolute atomic E-state index is 0.113. The van der Waals surface area contributed by atoms with Gasteiger partial charge in [0, 0.05) is 12.4 Å². The van der Waals surface area contributed by atoms with Crippen LogP contribution in [0.1, 0.15) is 5.56 Å². The molecule has 0 amide bonds. The molecule has 0 spiro atoms. The van der Waals surface area contributed by atoms with Crippen LogP contribution in [0.3, 0.4) is 0 Å². The van der Waals surface area contributed by atoms with Crippen molar-refractivity contribution >= 4 is 10.9 Å². The smallest absolute Gasteiger partial charge is 0.259 e. The molecule has 3 aromatic rings.